The highest BCUT2D eigenvalue weighted by molar-refractivity contribution is 7.07. The first-order valence-electron chi connectivity index (χ1n) is 6.82. The van der Waals surface area contributed by atoms with Crippen LogP contribution in [0.4, 0.5) is 0 Å². The van der Waals surface area contributed by atoms with Crippen LogP contribution >= 0.6 is 11.3 Å². The van der Waals surface area contributed by atoms with Crippen LogP contribution in [0.3, 0.4) is 0 Å². The Balaban J connectivity index is 1.66. The van der Waals surface area contributed by atoms with E-state index in [1.807, 2.05) is 29.9 Å². The maximum Gasteiger partial charge on any atom is 0.160 e. The van der Waals surface area contributed by atoms with Crippen LogP contribution < -0.4 is 0 Å². The fourth-order valence-corrected chi connectivity index (χ4v) is 3.47. The largest absolute Gasteiger partial charge is 0.287 e. The molecule has 3 aromatic rings. The highest BCUT2D eigenvalue weighted by Crippen LogP contribution is 2.32. The number of hydrogen-bond acceptors (Lipinski definition) is 5. The molecule has 3 aromatic heterocycles. The van der Waals surface area contributed by atoms with E-state index in [9.17, 15) is 0 Å². The Hall–Kier alpha value is -1.79. The molecule has 1 aliphatic rings. The molecule has 0 aromatic carbocycles. The number of fused-ring (bicyclic) bond motifs is 1. The normalized spacial score (nSPS) is 19.9. The summed E-state index contributed by atoms with van der Waals surface area (Å²) >= 11 is 1.65. The van der Waals surface area contributed by atoms with E-state index >= 15 is 0 Å². The number of hydrogen-bond donors (Lipinski definition) is 0. The smallest absolute Gasteiger partial charge is 0.160 e. The Kier molecular flexibility index (Phi) is 2.97. The van der Waals surface area contributed by atoms with Crippen molar-refractivity contribution in [3.8, 4) is 0 Å². The molecule has 0 radical (unpaired) electrons. The monoisotopic (exact) mass is 285 g/mol. The SMILES string of the molecule is c1ccn2c(C3CCCN3Cc3cscn3)nnc2c1. The predicted octanol–water partition coefficient (Wildman–Crippen LogP) is 2.52. The number of thiazole rings is 1. The Bertz CT molecular complexity index is 705. The van der Waals surface area contributed by atoms with Gasteiger partial charge in [0.1, 0.15) is 0 Å². The lowest BCUT2D eigenvalue weighted by Gasteiger charge is -2.22. The first-order valence-corrected chi connectivity index (χ1v) is 7.77. The van der Waals surface area contributed by atoms with E-state index in [2.05, 4.69) is 29.9 Å². The quantitative estimate of drug-likeness (QED) is 0.742. The summed E-state index contributed by atoms with van der Waals surface area (Å²) in [5.74, 6) is 1.05. The first kappa shape index (κ1) is 12.0. The van der Waals surface area contributed by atoms with E-state index in [1.165, 1.54) is 6.42 Å². The molecule has 1 saturated heterocycles. The van der Waals surface area contributed by atoms with Gasteiger partial charge in [0.2, 0.25) is 0 Å². The van der Waals surface area contributed by atoms with Crippen molar-refractivity contribution in [2.45, 2.75) is 25.4 Å². The molecule has 0 saturated carbocycles. The molecule has 5 nitrogen and oxygen atoms in total. The molecule has 4 rings (SSSR count). The maximum absolute atomic E-state index is 4.41. The second-order valence-corrected chi connectivity index (χ2v) is 5.81. The standard InChI is InChI=1S/C14H15N5S/c1-2-7-19-13(5-1)16-17-14(19)12-4-3-6-18(12)8-11-9-20-10-15-11/h1-2,5,7,9-10,12H,3-4,6,8H2. The van der Waals surface area contributed by atoms with Crippen molar-refractivity contribution in [2.24, 2.45) is 0 Å². The van der Waals surface area contributed by atoms with Crippen molar-refractivity contribution in [2.75, 3.05) is 6.54 Å². The van der Waals surface area contributed by atoms with Gasteiger partial charge in [0.25, 0.3) is 0 Å². The van der Waals surface area contributed by atoms with Gasteiger partial charge in [-0.05, 0) is 31.5 Å². The highest BCUT2D eigenvalue weighted by Gasteiger charge is 2.30. The fourth-order valence-electron chi connectivity index (χ4n) is 2.92. The van der Waals surface area contributed by atoms with Crippen molar-refractivity contribution in [3.63, 3.8) is 0 Å². The zero-order chi connectivity index (χ0) is 13.4. The summed E-state index contributed by atoms with van der Waals surface area (Å²) in [6.07, 6.45) is 4.39. The molecule has 0 spiro atoms. The fraction of sp³-hybridized carbons (Fsp3) is 0.357. The molecule has 4 heterocycles. The van der Waals surface area contributed by atoms with Crippen molar-refractivity contribution < 1.29 is 0 Å². The Morgan fingerprint density at radius 2 is 2.30 bits per heavy atom. The van der Waals surface area contributed by atoms with Crippen LogP contribution in [0.1, 0.15) is 30.4 Å². The van der Waals surface area contributed by atoms with Gasteiger partial charge < -0.3 is 0 Å². The molecule has 0 aliphatic carbocycles. The molecule has 6 heteroatoms. The molecular weight excluding hydrogens is 270 g/mol. The minimum absolute atomic E-state index is 0.342. The van der Waals surface area contributed by atoms with Crippen LogP contribution in [0.15, 0.2) is 35.3 Å². The van der Waals surface area contributed by atoms with Gasteiger partial charge in [-0.3, -0.25) is 9.30 Å². The van der Waals surface area contributed by atoms with Gasteiger partial charge in [-0.1, -0.05) is 6.07 Å². The maximum atomic E-state index is 4.41. The molecule has 0 bridgehead atoms. The molecule has 0 N–H and O–H groups in total. The minimum atomic E-state index is 0.342. The van der Waals surface area contributed by atoms with Crippen LogP contribution in [-0.2, 0) is 6.54 Å². The summed E-state index contributed by atoms with van der Waals surface area (Å²) in [7, 11) is 0. The van der Waals surface area contributed by atoms with E-state index < -0.39 is 0 Å². The summed E-state index contributed by atoms with van der Waals surface area (Å²) in [5, 5.41) is 10.8. The number of pyridine rings is 1. The van der Waals surface area contributed by atoms with Crippen LogP contribution in [0.2, 0.25) is 0 Å². The first-order chi connectivity index (χ1) is 9.92. The molecule has 1 atom stereocenters. The zero-order valence-corrected chi connectivity index (χ0v) is 11.8. The summed E-state index contributed by atoms with van der Waals surface area (Å²) < 4.78 is 2.10. The zero-order valence-electron chi connectivity index (χ0n) is 11.0. The summed E-state index contributed by atoms with van der Waals surface area (Å²) in [6.45, 7) is 2.00. The molecule has 1 fully saturated rings. The van der Waals surface area contributed by atoms with E-state index in [4.69, 9.17) is 0 Å². The minimum Gasteiger partial charge on any atom is -0.287 e. The third-order valence-corrected chi connectivity index (χ3v) is 4.49. The van der Waals surface area contributed by atoms with Crippen LogP contribution in [0.25, 0.3) is 5.65 Å². The third-order valence-electron chi connectivity index (χ3n) is 3.85. The number of rotatable bonds is 3. The number of likely N-dealkylation sites (tertiary alicyclic amines) is 1. The van der Waals surface area contributed by atoms with Crippen molar-refractivity contribution in [3.05, 3.63) is 46.8 Å². The lowest BCUT2D eigenvalue weighted by atomic mass is 10.2. The molecule has 1 unspecified atom stereocenters. The van der Waals surface area contributed by atoms with Gasteiger partial charge in [-0.15, -0.1) is 21.5 Å². The van der Waals surface area contributed by atoms with Gasteiger partial charge in [0.05, 0.1) is 17.2 Å². The Labute approximate surface area is 120 Å². The van der Waals surface area contributed by atoms with Crippen molar-refractivity contribution >= 4 is 17.0 Å². The molecular formula is C14H15N5S. The number of aromatic nitrogens is 4. The summed E-state index contributed by atoms with van der Waals surface area (Å²) in [6, 6.07) is 6.36. The van der Waals surface area contributed by atoms with Gasteiger partial charge in [-0.25, -0.2) is 4.98 Å². The molecule has 102 valence electrons. The molecule has 0 amide bonds. The van der Waals surface area contributed by atoms with Crippen molar-refractivity contribution in [1.29, 1.82) is 0 Å². The average Bonchev–Trinajstić information content (AvgIpc) is 3.19. The number of nitrogens with zero attached hydrogens (tertiary/aromatic N) is 5. The lowest BCUT2D eigenvalue weighted by molar-refractivity contribution is 0.236. The van der Waals surface area contributed by atoms with E-state index in [-0.39, 0.29) is 0 Å². The highest BCUT2D eigenvalue weighted by atomic mass is 32.1. The molecule has 1 aliphatic heterocycles. The lowest BCUT2D eigenvalue weighted by Crippen LogP contribution is -2.24. The summed E-state index contributed by atoms with van der Waals surface area (Å²) in [5.41, 5.74) is 3.96. The molecule has 20 heavy (non-hydrogen) atoms. The second kappa shape index (κ2) is 4.96. The topological polar surface area (TPSA) is 46.3 Å². The van der Waals surface area contributed by atoms with Gasteiger partial charge in [0.15, 0.2) is 11.5 Å². The van der Waals surface area contributed by atoms with E-state index in [1.54, 1.807) is 11.3 Å². The summed E-state index contributed by atoms with van der Waals surface area (Å²) in [4.78, 5) is 6.85. The van der Waals surface area contributed by atoms with Crippen LogP contribution in [0.5, 0.6) is 0 Å². The van der Waals surface area contributed by atoms with Crippen LogP contribution in [-0.4, -0.2) is 31.0 Å². The second-order valence-electron chi connectivity index (χ2n) is 5.10. The Morgan fingerprint density at radius 1 is 1.30 bits per heavy atom. The predicted molar refractivity (Wildman–Crippen MR) is 77.5 cm³/mol. The third kappa shape index (κ3) is 2.01. The van der Waals surface area contributed by atoms with E-state index in [0.717, 1.165) is 36.7 Å². The van der Waals surface area contributed by atoms with Crippen LogP contribution in [0, 0.1) is 0 Å². The van der Waals surface area contributed by atoms with Gasteiger partial charge >= 0.3 is 0 Å². The van der Waals surface area contributed by atoms with Crippen molar-refractivity contribution in [1.82, 2.24) is 24.5 Å². The van der Waals surface area contributed by atoms with Gasteiger partial charge in [0, 0.05) is 18.1 Å². The van der Waals surface area contributed by atoms with Gasteiger partial charge in [-0.2, -0.15) is 0 Å². The Morgan fingerprint density at radius 3 is 3.20 bits per heavy atom. The average molecular weight is 285 g/mol. The van der Waals surface area contributed by atoms with E-state index in [0.29, 0.717) is 6.04 Å².